The molecule has 130 valence electrons. The number of rotatable bonds is 3. The molecule has 1 aromatic rings. The topological polar surface area (TPSA) is 83.5 Å². The van der Waals surface area contributed by atoms with Crippen LogP contribution in [-0.4, -0.2) is 18.9 Å². The van der Waals surface area contributed by atoms with Gasteiger partial charge in [-0.2, -0.15) is 0 Å². The third-order valence-electron chi connectivity index (χ3n) is 6.09. The van der Waals surface area contributed by atoms with Gasteiger partial charge in [-0.1, -0.05) is 0 Å². The second-order valence-electron chi connectivity index (χ2n) is 7.90. The maximum absolute atomic E-state index is 11.8. The van der Waals surface area contributed by atoms with E-state index >= 15 is 0 Å². The van der Waals surface area contributed by atoms with Crippen molar-refractivity contribution in [1.29, 1.82) is 0 Å². The molecule has 1 aromatic carbocycles. The van der Waals surface area contributed by atoms with Crippen LogP contribution in [0.2, 0.25) is 0 Å². The normalized spacial score (nSPS) is 34.3. The highest BCUT2D eigenvalue weighted by Gasteiger charge is 2.52. The van der Waals surface area contributed by atoms with Gasteiger partial charge in [0.2, 0.25) is 0 Å². The van der Waals surface area contributed by atoms with Crippen LogP contribution >= 0.6 is 0 Å². The summed E-state index contributed by atoms with van der Waals surface area (Å²) in [7, 11) is -4.56. The molecule has 0 spiro atoms. The fraction of sp³-hybridized carbons (Fsp3) is 0.611. The zero-order valence-corrected chi connectivity index (χ0v) is 14.5. The van der Waals surface area contributed by atoms with E-state index in [0.29, 0.717) is 29.1 Å². The van der Waals surface area contributed by atoms with E-state index in [1.165, 1.54) is 38.3 Å². The van der Waals surface area contributed by atoms with E-state index in [1.54, 1.807) is 6.07 Å². The third kappa shape index (κ3) is 2.65. The van der Waals surface area contributed by atoms with Gasteiger partial charge in [0.1, 0.15) is 15.9 Å². The number of hydrogen-bond acceptors (Lipinski definition) is 5. The van der Waals surface area contributed by atoms with Crippen molar-refractivity contribution in [1.82, 2.24) is 0 Å². The Balaban J connectivity index is 1.84. The lowest BCUT2D eigenvalue weighted by molar-refractivity contribution is -0.131. The fourth-order valence-corrected chi connectivity index (χ4v) is 6.59. The molecule has 4 aliphatic carbocycles. The van der Waals surface area contributed by atoms with Crippen molar-refractivity contribution in [2.24, 2.45) is 17.8 Å². The van der Waals surface area contributed by atoms with Crippen molar-refractivity contribution in [3.63, 3.8) is 0 Å². The Morgan fingerprint density at radius 2 is 1.67 bits per heavy atom. The Morgan fingerprint density at radius 1 is 1.12 bits per heavy atom. The summed E-state index contributed by atoms with van der Waals surface area (Å²) >= 11 is 0. The largest absolute Gasteiger partial charge is 0.744 e. The van der Waals surface area contributed by atoms with Crippen LogP contribution in [0.5, 0.6) is 5.75 Å². The van der Waals surface area contributed by atoms with Crippen LogP contribution in [0.1, 0.15) is 51.0 Å². The maximum Gasteiger partial charge on any atom is 0.308 e. The first-order chi connectivity index (χ1) is 11.2. The molecule has 0 aliphatic heterocycles. The summed E-state index contributed by atoms with van der Waals surface area (Å²) < 4.78 is 40.6. The summed E-state index contributed by atoms with van der Waals surface area (Å²) in [6.07, 6.45) is 6.48. The molecule has 0 N–H and O–H groups in total. The highest BCUT2D eigenvalue weighted by Crippen LogP contribution is 2.61. The molecule has 24 heavy (non-hydrogen) atoms. The number of esters is 1. The van der Waals surface area contributed by atoms with Crippen LogP contribution < -0.4 is 4.74 Å². The molecule has 4 bridgehead atoms. The molecular weight excluding hydrogens is 328 g/mol. The van der Waals surface area contributed by atoms with E-state index in [1.807, 2.05) is 0 Å². The SMILES string of the molecule is CC(=O)Oc1ccc(S(=O)(=O)[O-])c(C23CC4CC(CC(C4)C2)C3)c1. The molecule has 4 aliphatic rings. The first-order valence-electron chi connectivity index (χ1n) is 8.54. The molecule has 0 saturated heterocycles. The van der Waals surface area contributed by atoms with Crippen molar-refractivity contribution in [2.45, 2.75) is 55.8 Å². The lowest BCUT2D eigenvalue weighted by Gasteiger charge is -2.57. The molecule has 6 heteroatoms. The van der Waals surface area contributed by atoms with E-state index in [2.05, 4.69) is 0 Å². The Kier molecular flexibility index (Phi) is 3.55. The second-order valence-corrected chi connectivity index (χ2v) is 9.25. The van der Waals surface area contributed by atoms with Crippen molar-refractivity contribution in [3.8, 4) is 5.75 Å². The van der Waals surface area contributed by atoms with Gasteiger partial charge in [-0.05, 0) is 85.5 Å². The van der Waals surface area contributed by atoms with E-state index < -0.39 is 16.1 Å². The molecule has 0 amide bonds. The van der Waals surface area contributed by atoms with Crippen molar-refractivity contribution in [2.75, 3.05) is 0 Å². The van der Waals surface area contributed by atoms with Gasteiger partial charge in [-0.15, -0.1) is 0 Å². The summed E-state index contributed by atoms with van der Waals surface area (Å²) in [5, 5.41) is 0. The van der Waals surface area contributed by atoms with Gasteiger partial charge in [0.15, 0.2) is 0 Å². The Morgan fingerprint density at radius 3 is 2.12 bits per heavy atom. The monoisotopic (exact) mass is 349 g/mol. The minimum atomic E-state index is -4.56. The molecule has 5 rings (SSSR count). The average Bonchev–Trinajstić information content (AvgIpc) is 2.44. The number of benzene rings is 1. The van der Waals surface area contributed by atoms with Crippen LogP contribution in [0.25, 0.3) is 0 Å². The standard InChI is InChI=1S/C18H22O5S/c1-11(19)23-15-2-3-17(24(20,21)22)16(7-15)18-8-12-4-13(9-18)6-14(5-12)10-18/h2-3,7,12-14H,4-6,8-10H2,1H3,(H,20,21,22)/p-1. The molecule has 0 heterocycles. The van der Waals surface area contributed by atoms with Gasteiger partial charge in [0.05, 0.1) is 4.90 Å². The molecule has 5 nitrogen and oxygen atoms in total. The third-order valence-corrected chi connectivity index (χ3v) is 6.99. The lowest BCUT2D eigenvalue weighted by atomic mass is 9.48. The summed E-state index contributed by atoms with van der Waals surface area (Å²) in [6, 6.07) is 4.34. The molecule has 0 atom stereocenters. The predicted octanol–water partition coefficient (Wildman–Crippen LogP) is 2.98. The van der Waals surface area contributed by atoms with Gasteiger partial charge in [-0.3, -0.25) is 4.79 Å². The van der Waals surface area contributed by atoms with Gasteiger partial charge < -0.3 is 9.29 Å². The highest BCUT2D eigenvalue weighted by atomic mass is 32.2. The molecule has 4 saturated carbocycles. The quantitative estimate of drug-likeness (QED) is 0.476. The average molecular weight is 349 g/mol. The summed E-state index contributed by atoms with van der Waals surface area (Å²) in [6.45, 7) is 1.31. The highest BCUT2D eigenvalue weighted by molar-refractivity contribution is 7.85. The van der Waals surface area contributed by atoms with Crippen molar-refractivity contribution in [3.05, 3.63) is 23.8 Å². The Labute approximate surface area is 142 Å². The predicted molar refractivity (Wildman–Crippen MR) is 85.6 cm³/mol. The number of hydrogen-bond donors (Lipinski definition) is 0. The molecule has 0 aromatic heterocycles. The van der Waals surface area contributed by atoms with E-state index in [4.69, 9.17) is 4.74 Å². The lowest BCUT2D eigenvalue weighted by Crippen LogP contribution is -2.49. The van der Waals surface area contributed by atoms with Gasteiger partial charge >= 0.3 is 5.97 Å². The summed E-state index contributed by atoms with van der Waals surface area (Å²) in [5.41, 5.74) is 0.327. The number of carbonyl (C=O) groups is 1. The van der Waals surface area contributed by atoms with Gasteiger partial charge in [0, 0.05) is 6.92 Å². The summed E-state index contributed by atoms with van der Waals surface area (Å²) in [5.74, 6) is 1.73. The molecular formula is C18H21O5S-. The summed E-state index contributed by atoms with van der Waals surface area (Å²) in [4.78, 5) is 11.1. The minimum Gasteiger partial charge on any atom is -0.744 e. The van der Waals surface area contributed by atoms with Gasteiger partial charge in [-0.25, -0.2) is 8.42 Å². The fourth-order valence-electron chi connectivity index (χ4n) is 5.81. The van der Waals surface area contributed by atoms with E-state index in [-0.39, 0.29) is 10.3 Å². The van der Waals surface area contributed by atoms with Crippen molar-refractivity contribution >= 4 is 16.1 Å². The smallest absolute Gasteiger partial charge is 0.308 e. The maximum atomic E-state index is 11.8. The van der Waals surface area contributed by atoms with Crippen LogP contribution in [0.15, 0.2) is 23.1 Å². The first-order valence-corrected chi connectivity index (χ1v) is 9.95. The Bertz CT molecular complexity index is 760. The van der Waals surface area contributed by atoms with Crippen LogP contribution in [0.3, 0.4) is 0 Å². The van der Waals surface area contributed by atoms with E-state index in [9.17, 15) is 17.8 Å². The molecule has 0 unspecified atom stereocenters. The van der Waals surface area contributed by atoms with Crippen molar-refractivity contribution < 1.29 is 22.5 Å². The van der Waals surface area contributed by atoms with Crippen LogP contribution in [-0.2, 0) is 20.3 Å². The number of ether oxygens (including phenoxy) is 1. The van der Waals surface area contributed by atoms with Gasteiger partial charge in [0.25, 0.3) is 0 Å². The van der Waals surface area contributed by atoms with E-state index in [0.717, 1.165) is 19.3 Å². The first kappa shape index (κ1) is 16.1. The van der Waals surface area contributed by atoms with Crippen LogP contribution in [0, 0.1) is 17.8 Å². The second kappa shape index (κ2) is 5.30. The zero-order valence-electron chi connectivity index (χ0n) is 13.7. The number of carbonyl (C=O) groups excluding carboxylic acids is 1. The Hall–Kier alpha value is -1.40. The molecule has 4 fully saturated rings. The van der Waals surface area contributed by atoms with Crippen LogP contribution in [0.4, 0.5) is 0 Å². The zero-order chi connectivity index (χ0) is 17.1. The molecule has 0 radical (unpaired) electrons. The minimum absolute atomic E-state index is 0.139.